The van der Waals surface area contributed by atoms with Gasteiger partial charge in [0.05, 0.1) is 18.8 Å². The number of rotatable bonds is 10. The van der Waals surface area contributed by atoms with Crippen LogP contribution in [0.4, 0.5) is 0 Å². The molecule has 1 N–H and O–H groups in total. The number of nitrogens with zero attached hydrogens (tertiary/aromatic N) is 1. The number of aryl methyl sites for hydroxylation is 1. The molecule has 0 spiro atoms. The smallest absolute Gasteiger partial charge is 0.344 e. The molecule has 0 unspecified atom stereocenters. The Morgan fingerprint density at radius 2 is 1.79 bits per heavy atom. The van der Waals surface area contributed by atoms with Crippen molar-refractivity contribution in [2.75, 3.05) is 26.4 Å². The highest BCUT2D eigenvalue weighted by Crippen LogP contribution is 2.22. The number of nitrogens with one attached hydrogen (secondary N) is 1. The molecule has 0 radical (unpaired) electrons. The first-order chi connectivity index (χ1) is 13.4. The van der Waals surface area contributed by atoms with Crippen LogP contribution in [0.2, 0.25) is 0 Å². The van der Waals surface area contributed by atoms with E-state index in [9.17, 15) is 9.59 Å². The van der Waals surface area contributed by atoms with Crippen LogP contribution < -0.4 is 14.8 Å². The fourth-order valence-corrected chi connectivity index (χ4v) is 2.44. The van der Waals surface area contributed by atoms with Crippen molar-refractivity contribution in [3.63, 3.8) is 0 Å². The maximum Gasteiger partial charge on any atom is 0.344 e. The van der Waals surface area contributed by atoms with Gasteiger partial charge < -0.3 is 24.1 Å². The molecule has 2 rings (SSSR count). The largest absolute Gasteiger partial charge is 0.494 e. The number of benzene rings is 1. The fourth-order valence-electron chi connectivity index (χ4n) is 2.44. The van der Waals surface area contributed by atoms with Crippen molar-refractivity contribution in [1.29, 1.82) is 0 Å². The number of carbonyl (C=O) groups is 2. The molecular weight excluding hydrogens is 364 g/mol. The van der Waals surface area contributed by atoms with E-state index in [1.54, 1.807) is 19.1 Å². The number of ether oxygens (including phenoxy) is 3. The number of amides is 1. The minimum absolute atomic E-state index is 0.0164. The Morgan fingerprint density at radius 3 is 2.39 bits per heavy atom. The third kappa shape index (κ3) is 6.00. The maximum atomic E-state index is 12.2. The molecule has 2 aromatic rings. The van der Waals surface area contributed by atoms with Crippen molar-refractivity contribution in [2.24, 2.45) is 0 Å². The molecule has 1 aromatic heterocycles. The lowest BCUT2D eigenvalue weighted by Gasteiger charge is -2.09. The Morgan fingerprint density at radius 1 is 1.14 bits per heavy atom. The molecule has 0 aliphatic rings. The maximum absolute atomic E-state index is 12.2. The first-order valence-electron chi connectivity index (χ1n) is 9.18. The van der Waals surface area contributed by atoms with Crippen molar-refractivity contribution >= 4 is 11.9 Å². The quantitative estimate of drug-likeness (QED) is 0.492. The normalized spacial score (nSPS) is 10.6. The van der Waals surface area contributed by atoms with Crippen molar-refractivity contribution < 1.29 is 28.3 Å². The van der Waals surface area contributed by atoms with E-state index in [1.165, 1.54) is 0 Å². The molecule has 0 aliphatic heterocycles. The summed E-state index contributed by atoms with van der Waals surface area (Å²) in [6.07, 6.45) is 0. The van der Waals surface area contributed by atoms with E-state index in [-0.39, 0.29) is 31.2 Å². The van der Waals surface area contributed by atoms with Crippen molar-refractivity contribution in [1.82, 2.24) is 10.5 Å². The van der Waals surface area contributed by atoms with Crippen LogP contribution in [0.1, 0.15) is 48.5 Å². The fraction of sp³-hybridized carbons (Fsp3) is 0.450. The first kappa shape index (κ1) is 21.3. The molecule has 0 saturated heterocycles. The third-order valence-corrected chi connectivity index (χ3v) is 3.78. The molecule has 8 nitrogen and oxygen atoms in total. The summed E-state index contributed by atoms with van der Waals surface area (Å²) in [6.45, 7) is 8.13. The van der Waals surface area contributed by atoms with Crippen molar-refractivity contribution in [2.45, 2.75) is 33.6 Å². The summed E-state index contributed by atoms with van der Waals surface area (Å²) in [4.78, 5) is 24.1. The molecule has 28 heavy (non-hydrogen) atoms. The highest BCUT2D eigenvalue weighted by molar-refractivity contribution is 5.93. The Balaban J connectivity index is 1.70. The molecule has 0 atom stereocenters. The summed E-state index contributed by atoms with van der Waals surface area (Å²) in [5, 5.41) is 6.42. The zero-order valence-corrected chi connectivity index (χ0v) is 16.6. The Labute approximate surface area is 164 Å². The van der Waals surface area contributed by atoms with E-state index in [1.807, 2.05) is 32.9 Å². The van der Waals surface area contributed by atoms with Gasteiger partial charge in [0, 0.05) is 5.92 Å². The predicted octanol–water partition coefficient (Wildman–Crippen LogP) is 2.86. The average Bonchev–Trinajstić information content (AvgIpc) is 3.06. The predicted molar refractivity (Wildman–Crippen MR) is 102 cm³/mol. The Bertz CT molecular complexity index is 782. The molecule has 152 valence electrons. The molecule has 0 bridgehead atoms. The second kappa shape index (κ2) is 10.3. The van der Waals surface area contributed by atoms with Gasteiger partial charge in [-0.1, -0.05) is 19.0 Å². The molecule has 8 heteroatoms. The van der Waals surface area contributed by atoms with E-state index >= 15 is 0 Å². The number of hydrogen-bond donors (Lipinski definition) is 1. The van der Waals surface area contributed by atoms with Gasteiger partial charge in [0.2, 0.25) is 0 Å². The number of carbonyl (C=O) groups excluding carboxylic acids is 2. The minimum Gasteiger partial charge on any atom is -0.494 e. The highest BCUT2D eigenvalue weighted by atomic mass is 16.5. The third-order valence-electron chi connectivity index (χ3n) is 3.78. The standard InChI is InChI=1S/C20H26N2O6/c1-5-25-15-6-8-16(9-7-15)26-11-10-21-17(23)12-27-20(24)18-14(4)22-28-19(18)13(2)3/h6-9,13H,5,10-12H2,1-4H3,(H,21,23). The van der Waals surface area contributed by atoms with Crippen LogP contribution in [0.15, 0.2) is 28.8 Å². The molecule has 1 aromatic carbocycles. The van der Waals surface area contributed by atoms with E-state index in [2.05, 4.69) is 10.5 Å². The molecule has 1 amide bonds. The van der Waals surface area contributed by atoms with Crippen LogP contribution in [0.3, 0.4) is 0 Å². The van der Waals surface area contributed by atoms with Gasteiger partial charge in [0.25, 0.3) is 5.91 Å². The topological polar surface area (TPSA) is 99.9 Å². The Hall–Kier alpha value is -3.03. The first-order valence-corrected chi connectivity index (χ1v) is 9.18. The van der Waals surface area contributed by atoms with Crippen LogP contribution in [-0.2, 0) is 9.53 Å². The monoisotopic (exact) mass is 390 g/mol. The summed E-state index contributed by atoms with van der Waals surface area (Å²) in [7, 11) is 0. The summed E-state index contributed by atoms with van der Waals surface area (Å²) < 4.78 is 21.1. The lowest BCUT2D eigenvalue weighted by atomic mass is 10.1. The number of aromatic nitrogens is 1. The second-order valence-electron chi connectivity index (χ2n) is 6.34. The Kier molecular flexibility index (Phi) is 7.86. The van der Waals surface area contributed by atoms with Gasteiger partial charge in [0.15, 0.2) is 12.4 Å². The van der Waals surface area contributed by atoms with Crippen LogP contribution in [-0.4, -0.2) is 43.4 Å². The van der Waals surface area contributed by atoms with Crippen molar-refractivity contribution in [3.8, 4) is 11.5 Å². The summed E-state index contributed by atoms with van der Waals surface area (Å²) in [6, 6.07) is 7.22. The lowest BCUT2D eigenvalue weighted by molar-refractivity contribution is -0.124. The van der Waals surface area contributed by atoms with Gasteiger partial charge in [-0.15, -0.1) is 0 Å². The number of esters is 1. The molecule has 0 aliphatic carbocycles. The minimum atomic E-state index is -0.622. The molecule has 1 heterocycles. The average molecular weight is 390 g/mol. The van der Waals surface area contributed by atoms with E-state index in [0.29, 0.717) is 23.8 Å². The van der Waals surface area contributed by atoms with Gasteiger partial charge in [-0.3, -0.25) is 4.79 Å². The van der Waals surface area contributed by atoms with Crippen LogP contribution >= 0.6 is 0 Å². The number of hydrogen-bond acceptors (Lipinski definition) is 7. The summed E-state index contributed by atoms with van der Waals surface area (Å²) in [5.41, 5.74) is 0.722. The summed E-state index contributed by atoms with van der Waals surface area (Å²) >= 11 is 0. The lowest BCUT2D eigenvalue weighted by Crippen LogP contribution is -2.32. The van der Waals surface area contributed by atoms with Gasteiger partial charge in [-0.2, -0.15) is 0 Å². The SMILES string of the molecule is CCOc1ccc(OCCNC(=O)COC(=O)c2c(C)noc2C(C)C)cc1. The second-order valence-corrected chi connectivity index (χ2v) is 6.34. The van der Waals surface area contributed by atoms with Gasteiger partial charge in [-0.05, 0) is 38.1 Å². The highest BCUT2D eigenvalue weighted by Gasteiger charge is 2.24. The van der Waals surface area contributed by atoms with E-state index < -0.39 is 11.9 Å². The molecular formula is C20H26N2O6. The zero-order valence-electron chi connectivity index (χ0n) is 16.6. The van der Waals surface area contributed by atoms with Gasteiger partial charge >= 0.3 is 5.97 Å². The van der Waals surface area contributed by atoms with Crippen LogP contribution in [0.5, 0.6) is 11.5 Å². The zero-order chi connectivity index (χ0) is 20.5. The van der Waals surface area contributed by atoms with E-state index in [0.717, 1.165) is 5.75 Å². The van der Waals surface area contributed by atoms with Gasteiger partial charge in [0.1, 0.15) is 23.7 Å². The van der Waals surface area contributed by atoms with E-state index in [4.69, 9.17) is 18.7 Å². The summed E-state index contributed by atoms with van der Waals surface area (Å²) in [5.74, 6) is 0.845. The molecule has 0 fully saturated rings. The van der Waals surface area contributed by atoms with Crippen LogP contribution in [0.25, 0.3) is 0 Å². The van der Waals surface area contributed by atoms with Gasteiger partial charge in [-0.25, -0.2) is 4.79 Å². The van der Waals surface area contributed by atoms with Crippen molar-refractivity contribution in [3.05, 3.63) is 41.3 Å². The molecule has 0 saturated carbocycles. The van der Waals surface area contributed by atoms with Crippen LogP contribution in [0, 0.1) is 6.92 Å².